The van der Waals surface area contributed by atoms with Crippen molar-refractivity contribution in [1.82, 2.24) is 4.98 Å². The number of para-hydroxylation sites is 1. The molecule has 218 valence electrons. The van der Waals surface area contributed by atoms with Crippen LogP contribution in [-0.4, -0.2) is 4.98 Å². The van der Waals surface area contributed by atoms with Gasteiger partial charge in [-0.1, -0.05) is 140 Å². The van der Waals surface area contributed by atoms with Crippen molar-refractivity contribution in [3.63, 3.8) is 0 Å². The van der Waals surface area contributed by atoms with Crippen LogP contribution in [0.3, 0.4) is 0 Å². The highest BCUT2D eigenvalue weighted by molar-refractivity contribution is 6.21. The summed E-state index contributed by atoms with van der Waals surface area (Å²) in [6.07, 6.45) is 0. The fourth-order valence-corrected chi connectivity index (χ4v) is 6.50. The number of pyridine rings is 1. The lowest BCUT2D eigenvalue weighted by Gasteiger charge is -2.24. The molecule has 0 aliphatic heterocycles. The Kier molecular flexibility index (Phi) is 7.05. The molecule has 3 heteroatoms. The van der Waals surface area contributed by atoms with Gasteiger partial charge in [-0.3, -0.25) is 4.90 Å². The predicted octanol–water partition coefficient (Wildman–Crippen LogP) is 12.0. The lowest BCUT2D eigenvalue weighted by atomic mass is 9.85. The van der Waals surface area contributed by atoms with Crippen LogP contribution in [0.25, 0.3) is 54.9 Å². The highest BCUT2D eigenvalue weighted by Gasteiger charge is 2.18. The normalized spacial score (nSPS) is 11.2. The van der Waals surface area contributed by atoms with Crippen molar-refractivity contribution in [3.8, 4) is 33.4 Å². The summed E-state index contributed by atoms with van der Waals surface area (Å²) in [5.74, 6) is 0.0141. The third-order valence-electron chi connectivity index (χ3n) is 8.57. The minimum atomic E-state index is -0.511. The van der Waals surface area contributed by atoms with E-state index in [9.17, 15) is 4.39 Å². The Morgan fingerprint density at radius 2 is 0.761 bits per heavy atom. The zero-order chi connectivity index (χ0) is 30.9. The van der Waals surface area contributed by atoms with Gasteiger partial charge in [0.15, 0.2) is 0 Å². The fourth-order valence-electron chi connectivity index (χ4n) is 6.50. The number of rotatable bonds is 6. The van der Waals surface area contributed by atoms with Gasteiger partial charge in [0.05, 0.1) is 0 Å². The van der Waals surface area contributed by atoms with Crippen molar-refractivity contribution in [2.75, 3.05) is 4.90 Å². The topological polar surface area (TPSA) is 16.1 Å². The van der Waals surface area contributed by atoms with Crippen LogP contribution in [0.15, 0.2) is 176 Å². The summed E-state index contributed by atoms with van der Waals surface area (Å²) in [4.78, 5) is 6.19. The first-order valence-electron chi connectivity index (χ1n) is 15.4. The molecule has 8 aromatic rings. The monoisotopic (exact) mass is 592 g/mol. The van der Waals surface area contributed by atoms with Crippen LogP contribution >= 0.6 is 0 Å². The number of anilines is 3. The minimum Gasteiger partial charge on any atom is -0.295 e. The molecule has 0 saturated carbocycles. The summed E-state index contributed by atoms with van der Waals surface area (Å²) in [6.45, 7) is 0. The van der Waals surface area contributed by atoms with Gasteiger partial charge in [-0.25, -0.2) is 4.98 Å². The largest absolute Gasteiger partial charge is 0.295 e. The summed E-state index contributed by atoms with van der Waals surface area (Å²) < 4.78 is 14.3. The van der Waals surface area contributed by atoms with Crippen molar-refractivity contribution in [2.24, 2.45) is 0 Å². The Bertz CT molecular complexity index is 2240. The second kappa shape index (κ2) is 11.8. The maximum Gasteiger partial charge on any atom is 0.214 e. The van der Waals surface area contributed by atoms with Crippen LogP contribution in [-0.2, 0) is 0 Å². The lowest BCUT2D eigenvalue weighted by molar-refractivity contribution is 0.584. The van der Waals surface area contributed by atoms with Crippen molar-refractivity contribution >= 4 is 38.7 Å². The van der Waals surface area contributed by atoms with Gasteiger partial charge >= 0.3 is 0 Å². The molecule has 0 spiro atoms. The summed E-state index contributed by atoms with van der Waals surface area (Å²) >= 11 is 0. The lowest BCUT2D eigenvalue weighted by Crippen LogP contribution is -2.11. The number of hydrogen-bond donors (Lipinski definition) is 0. The Balaban J connectivity index is 1.27. The number of halogens is 1. The molecular formula is C43H29FN2. The molecular weight excluding hydrogens is 563 g/mol. The highest BCUT2D eigenvalue weighted by atomic mass is 19.1. The molecule has 0 atom stereocenters. The second-order valence-corrected chi connectivity index (χ2v) is 11.3. The smallest absolute Gasteiger partial charge is 0.214 e. The molecule has 0 bridgehead atoms. The molecule has 46 heavy (non-hydrogen) atoms. The fraction of sp³-hybridized carbons (Fsp3) is 0. The minimum absolute atomic E-state index is 0.511. The first kappa shape index (κ1) is 27.5. The van der Waals surface area contributed by atoms with Gasteiger partial charge in [0.2, 0.25) is 5.95 Å². The van der Waals surface area contributed by atoms with E-state index < -0.39 is 5.95 Å². The molecule has 0 amide bonds. The summed E-state index contributed by atoms with van der Waals surface area (Å²) in [7, 11) is 0. The van der Waals surface area contributed by atoms with E-state index in [0.717, 1.165) is 16.9 Å². The van der Waals surface area contributed by atoms with E-state index in [1.165, 1.54) is 55.4 Å². The molecule has 0 saturated heterocycles. The van der Waals surface area contributed by atoms with Gasteiger partial charge in [-0.2, -0.15) is 4.39 Å². The molecule has 1 heterocycles. The van der Waals surface area contributed by atoms with E-state index in [1.807, 2.05) is 47.4 Å². The summed E-state index contributed by atoms with van der Waals surface area (Å²) in [5, 5.41) is 4.82. The molecule has 0 radical (unpaired) electrons. The molecule has 0 aliphatic carbocycles. The zero-order valence-corrected chi connectivity index (χ0v) is 25.0. The van der Waals surface area contributed by atoms with Crippen LogP contribution in [0.5, 0.6) is 0 Å². The second-order valence-electron chi connectivity index (χ2n) is 11.3. The molecule has 0 N–H and O–H groups in total. The summed E-state index contributed by atoms with van der Waals surface area (Å²) in [6, 6.07) is 60.1. The molecule has 2 nitrogen and oxygen atoms in total. The Morgan fingerprint density at radius 3 is 1.28 bits per heavy atom. The number of benzene rings is 7. The van der Waals surface area contributed by atoms with E-state index in [2.05, 4.69) is 126 Å². The van der Waals surface area contributed by atoms with Crippen LogP contribution in [0.2, 0.25) is 0 Å². The molecule has 8 rings (SSSR count). The van der Waals surface area contributed by atoms with E-state index in [-0.39, 0.29) is 0 Å². The Labute approximate surface area is 267 Å². The number of nitrogens with zero attached hydrogens (tertiary/aromatic N) is 2. The van der Waals surface area contributed by atoms with Gasteiger partial charge in [0.1, 0.15) is 5.82 Å². The van der Waals surface area contributed by atoms with Crippen molar-refractivity contribution < 1.29 is 4.39 Å². The molecule has 1 aromatic heterocycles. The third-order valence-corrected chi connectivity index (χ3v) is 8.57. The number of fused-ring (bicyclic) bond motifs is 2. The van der Waals surface area contributed by atoms with Crippen LogP contribution < -0.4 is 4.90 Å². The number of aromatic nitrogens is 1. The Hall–Kier alpha value is -6.06. The average Bonchev–Trinajstić information content (AvgIpc) is 3.12. The highest BCUT2D eigenvalue weighted by Crippen LogP contribution is 2.44. The first-order chi connectivity index (χ1) is 22.7. The van der Waals surface area contributed by atoms with Crippen LogP contribution in [0.1, 0.15) is 0 Å². The number of hydrogen-bond acceptors (Lipinski definition) is 2. The van der Waals surface area contributed by atoms with Crippen molar-refractivity contribution in [2.45, 2.75) is 0 Å². The quantitative estimate of drug-likeness (QED) is 0.141. The first-order valence-corrected chi connectivity index (χ1v) is 15.4. The van der Waals surface area contributed by atoms with Gasteiger partial charge in [0, 0.05) is 11.4 Å². The third kappa shape index (κ3) is 4.98. The van der Waals surface area contributed by atoms with Crippen molar-refractivity contribution in [3.05, 3.63) is 182 Å². The molecule has 7 aromatic carbocycles. The maximum absolute atomic E-state index is 14.3. The van der Waals surface area contributed by atoms with Gasteiger partial charge in [-0.15, -0.1) is 0 Å². The predicted molar refractivity (Wildman–Crippen MR) is 190 cm³/mol. The van der Waals surface area contributed by atoms with E-state index in [4.69, 9.17) is 0 Å². The van der Waals surface area contributed by atoms with E-state index in [0.29, 0.717) is 5.82 Å². The molecule has 0 aliphatic rings. The maximum atomic E-state index is 14.3. The van der Waals surface area contributed by atoms with Crippen molar-refractivity contribution in [1.29, 1.82) is 0 Å². The molecule has 0 fully saturated rings. The zero-order valence-electron chi connectivity index (χ0n) is 25.0. The van der Waals surface area contributed by atoms with E-state index >= 15 is 0 Å². The van der Waals surface area contributed by atoms with Gasteiger partial charge < -0.3 is 0 Å². The van der Waals surface area contributed by atoms with E-state index in [1.54, 1.807) is 6.07 Å². The molecule has 0 unspecified atom stereocenters. The standard InChI is InChI=1S/C43H29FN2/c44-40-20-11-21-41(45-40)46(34-14-5-2-6-15-34)35-28-26-33(27-29-35)43-38-18-9-7-16-36(38)42(37-17-8-10-19-39(37)43)32-24-22-31(23-25-32)30-12-3-1-4-13-30/h1-29H. The van der Waals surface area contributed by atoms with Gasteiger partial charge in [0.25, 0.3) is 0 Å². The summed E-state index contributed by atoms with van der Waals surface area (Å²) in [5.41, 5.74) is 8.95. The Morgan fingerprint density at radius 1 is 0.348 bits per heavy atom. The van der Waals surface area contributed by atoms with Crippen LogP contribution in [0, 0.1) is 5.95 Å². The SMILES string of the molecule is Fc1cccc(N(c2ccccc2)c2ccc(-c3c4ccccc4c(-c4ccc(-c5ccccc5)cc4)c4ccccc34)cc2)n1. The average molecular weight is 593 g/mol. The van der Waals surface area contributed by atoms with Gasteiger partial charge in [-0.05, 0) is 91.3 Å². The van der Waals surface area contributed by atoms with Crippen LogP contribution in [0.4, 0.5) is 21.6 Å².